The zero-order valence-corrected chi connectivity index (χ0v) is 7.03. The van der Waals surface area contributed by atoms with Crippen LogP contribution in [0.3, 0.4) is 0 Å². The van der Waals surface area contributed by atoms with Crippen LogP contribution in [0.2, 0.25) is 0 Å². The van der Waals surface area contributed by atoms with Crippen LogP contribution < -0.4 is 5.32 Å². The van der Waals surface area contributed by atoms with E-state index in [4.69, 9.17) is 5.41 Å². The highest BCUT2D eigenvalue weighted by atomic mass is 16.2. The SMILES string of the molecule is CC1N=C2C(C=N)=CN=C2C(=O)N1. The van der Waals surface area contributed by atoms with Crippen LogP contribution in [0.4, 0.5) is 0 Å². The molecule has 2 aliphatic rings. The van der Waals surface area contributed by atoms with Gasteiger partial charge in [0.1, 0.15) is 11.9 Å². The molecule has 0 aromatic heterocycles. The highest BCUT2D eigenvalue weighted by Gasteiger charge is 2.29. The van der Waals surface area contributed by atoms with E-state index in [9.17, 15) is 4.79 Å². The topological polar surface area (TPSA) is 77.7 Å². The normalized spacial score (nSPS) is 25.5. The summed E-state index contributed by atoms with van der Waals surface area (Å²) >= 11 is 0. The maximum absolute atomic E-state index is 11.3. The highest BCUT2D eigenvalue weighted by Crippen LogP contribution is 2.12. The van der Waals surface area contributed by atoms with Gasteiger partial charge >= 0.3 is 0 Å². The van der Waals surface area contributed by atoms with Crippen molar-refractivity contribution in [1.29, 1.82) is 5.41 Å². The molecular weight excluding hydrogens is 168 g/mol. The molecule has 0 spiro atoms. The van der Waals surface area contributed by atoms with Gasteiger partial charge in [0.2, 0.25) is 0 Å². The van der Waals surface area contributed by atoms with Crippen LogP contribution in [0.25, 0.3) is 0 Å². The number of rotatable bonds is 1. The van der Waals surface area contributed by atoms with E-state index in [1.54, 1.807) is 6.92 Å². The molecule has 1 amide bonds. The second-order valence-electron chi connectivity index (χ2n) is 2.83. The van der Waals surface area contributed by atoms with Gasteiger partial charge in [-0.25, -0.2) is 4.99 Å². The van der Waals surface area contributed by atoms with Crippen molar-refractivity contribution in [2.24, 2.45) is 9.98 Å². The van der Waals surface area contributed by atoms with Crippen molar-refractivity contribution in [3.8, 4) is 0 Å². The summed E-state index contributed by atoms with van der Waals surface area (Å²) in [5.41, 5.74) is 1.44. The fourth-order valence-electron chi connectivity index (χ4n) is 1.28. The second kappa shape index (κ2) is 2.62. The van der Waals surface area contributed by atoms with Crippen LogP contribution in [-0.2, 0) is 4.79 Å². The first-order valence-corrected chi connectivity index (χ1v) is 3.90. The van der Waals surface area contributed by atoms with E-state index in [-0.39, 0.29) is 12.1 Å². The Labute approximate surface area is 74.8 Å². The maximum Gasteiger partial charge on any atom is 0.273 e. The fourth-order valence-corrected chi connectivity index (χ4v) is 1.28. The summed E-state index contributed by atoms with van der Waals surface area (Å²) in [6.07, 6.45) is 2.40. The lowest BCUT2D eigenvalue weighted by Crippen LogP contribution is -2.45. The molecule has 2 rings (SSSR count). The largest absolute Gasteiger partial charge is 0.329 e. The quantitative estimate of drug-likeness (QED) is 0.537. The first-order chi connectivity index (χ1) is 6.22. The molecule has 1 unspecified atom stereocenters. The van der Waals surface area contributed by atoms with Crippen molar-refractivity contribution in [2.45, 2.75) is 13.1 Å². The minimum Gasteiger partial charge on any atom is -0.329 e. The predicted octanol–water partition coefficient (Wildman–Crippen LogP) is -0.109. The van der Waals surface area contributed by atoms with Gasteiger partial charge in [0, 0.05) is 18.0 Å². The van der Waals surface area contributed by atoms with Crippen molar-refractivity contribution in [1.82, 2.24) is 5.32 Å². The predicted molar refractivity (Wildman–Crippen MR) is 49.3 cm³/mol. The molecule has 0 fully saturated rings. The first-order valence-electron chi connectivity index (χ1n) is 3.90. The molecule has 1 atom stereocenters. The average Bonchev–Trinajstić information content (AvgIpc) is 2.47. The molecular formula is C8H8N4O. The Morgan fingerprint density at radius 1 is 1.62 bits per heavy atom. The van der Waals surface area contributed by atoms with Crippen molar-refractivity contribution in [2.75, 3.05) is 0 Å². The third kappa shape index (κ3) is 1.09. The minimum atomic E-state index is -0.233. The van der Waals surface area contributed by atoms with E-state index < -0.39 is 0 Å². The molecule has 5 nitrogen and oxygen atoms in total. The molecule has 0 saturated heterocycles. The molecule has 0 aliphatic carbocycles. The molecule has 13 heavy (non-hydrogen) atoms. The first kappa shape index (κ1) is 7.85. The van der Waals surface area contributed by atoms with Crippen molar-refractivity contribution in [3.05, 3.63) is 11.8 Å². The number of nitrogens with one attached hydrogen (secondary N) is 2. The molecule has 66 valence electrons. The Morgan fingerprint density at radius 3 is 3.08 bits per heavy atom. The number of fused-ring (bicyclic) bond motifs is 1. The van der Waals surface area contributed by atoms with Gasteiger partial charge in [-0.05, 0) is 6.92 Å². The van der Waals surface area contributed by atoms with E-state index in [1.807, 2.05) is 0 Å². The summed E-state index contributed by atoms with van der Waals surface area (Å²) in [6.45, 7) is 1.78. The Kier molecular flexibility index (Phi) is 1.58. The second-order valence-corrected chi connectivity index (χ2v) is 2.83. The van der Waals surface area contributed by atoms with E-state index >= 15 is 0 Å². The molecule has 0 bridgehead atoms. The third-order valence-corrected chi connectivity index (χ3v) is 1.86. The zero-order chi connectivity index (χ0) is 9.42. The fraction of sp³-hybridized carbons (Fsp3) is 0.250. The number of amides is 1. The van der Waals surface area contributed by atoms with Crippen molar-refractivity contribution >= 4 is 23.5 Å². The summed E-state index contributed by atoms with van der Waals surface area (Å²) in [6, 6.07) is 0. The number of nitrogens with zero attached hydrogens (tertiary/aromatic N) is 2. The van der Waals surface area contributed by atoms with Gasteiger partial charge in [-0.15, -0.1) is 0 Å². The lowest BCUT2D eigenvalue weighted by Gasteiger charge is -2.17. The summed E-state index contributed by atoms with van der Waals surface area (Å²) in [7, 11) is 0. The van der Waals surface area contributed by atoms with Gasteiger partial charge in [-0.2, -0.15) is 0 Å². The van der Waals surface area contributed by atoms with Gasteiger partial charge in [-0.3, -0.25) is 9.79 Å². The van der Waals surface area contributed by atoms with E-state index in [0.717, 1.165) is 6.21 Å². The Morgan fingerprint density at radius 2 is 2.38 bits per heavy atom. The molecule has 0 radical (unpaired) electrons. The highest BCUT2D eigenvalue weighted by molar-refractivity contribution is 6.73. The van der Waals surface area contributed by atoms with Crippen molar-refractivity contribution in [3.63, 3.8) is 0 Å². The molecule has 0 saturated carbocycles. The molecule has 0 aromatic carbocycles. The van der Waals surface area contributed by atoms with Gasteiger partial charge < -0.3 is 10.7 Å². The van der Waals surface area contributed by atoms with E-state index in [1.165, 1.54) is 6.20 Å². The summed E-state index contributed by atoms with van der Waals surface area (Å²) in [5, 5.41) is 9.71. The van der Waals surface area contributed by atoms with Gasteiger partial charge in [0.25, 0.3) is 5.91 Å². The van der Waals surface area contributed by atoms with E-state index in [2.05, 4.69) is 15.3 Å². The van der Waals surface area contributed by atoms with E-state index in [0.29, 0.717) is 17.0 Å². The summed E-state index contributed by atoms with van der Waals surface area (Å²) in [5.74, 6) is -0.217. The number of hydrogen-bond donors (Lipinski definition) is 2. The van der Waals surface area contributed by atoms with Crippen LogP contribution in [-0.4, -0.2) is 29.7 Å². The molecule has 2 N–H and O–H groups in total. The molecule has 2 heterocycles. The number of carbonyl (C=O) groups excluding carboxylic acids is 1. The van der Waals surface area contributed by atoms with Gasteiger partial charge in [0.15, 0.2) is 5.71 Å². The minimum absolute atomic E-state index is 0.217. The Balaban J connectivity index is 2.45. The van der Waals surface area contributed by atoms with Gasteiger partial charge in [-0.1, -0.05) is 0 Å². The molecule has 5 heteroatoms. The molecule has 2 aliphatic heterocycles. The van der Waals surface area contributed by atoms with Crippen LogP contribution in [0, 0.1) is 5.41 Å². The van der Waals surface area contributed by atoms with Crippen LogP contribution >= 0.6 is 0 Å². The summed E-state index contributed by atoms with van der Waals surface area (Å²) in [4.78, 5) is 19.4. The number of hydrogen-bond acceptors (Lipinski definition) is 4. The van der Waals surface area contributed by atoms with Crippen LogP contribution in [0.15, 0.2) is 21.8 Å². The number of aliphatic imine (C=N–C) groups is 2. The Bertz CT molecular complexity index is 378. The molecule has 0 aromatic rings. The average molecular weight is 176 g/mol. The maximum atomic E-state index is 11.3. The van der Waals surface area contributed by atoms with Crippen molar-refractivity contribution < 1.29 is 4.79 Å². The standard InChI is InChI=1S/C8H8N4O/c1-4-11-6-5(2-9)3-10-7(6)8(13)12-4/h2-4,9H,1H3,(H,12,13). The Hall–Kier alpha value is -1.78. The lowest BCUT2D eigenvalue weighted by atomic mass is 10.1. The lowest BCUT2D eigenvalue weighted by molar-refractivity contribution is -0.115. The summed E-state index contributed by atoms with van der Waals surface area (Å²) < 4.78 is 0. The monoisotopic (exact) mass is 176 g/mol. The number of carbonyl (C=O) groups is 1. The zero-order valence-electron chi connectivity index (χ0n) is 7.03. The smallest absolute Gasteiger partial charge is 0.273 e. The van der Waals surface area contributed by atoms with Gasteiger partial charge in [0.05, 0.1) is 0 Å². The third-order valence-electron chi connectivity index (χ3n) is 1.86. The van der Waals surface area contributed by atoms with Crippen LogP contribution in [0.5, 0.6) is 0 Å². The number of allylic oxidation sites excluding steroid dienone is 1. The van der Waals surface area contributed by atoms with Crippen LogP contribution in [0.1, 0.15) is 6.92 Å².